The van der Waals surface area contributed by atoms with Gasteiger partial charge in [0.15, 0.2) is 0 Å². The lowest BCUT2D eigenvalue weighted by molar-refractivity contribution is 0.0888. The van der Waals surface area contributed by atoms with Crippen LogP contribution in [0.3, 0.4) is 0 Å². The smallest absolute Gasteiger partial charge is 0.268 e. The van der Waals surface area contributed by atoms with Crippen molar-refractivity contribution < 1.29 is 9.59 Å². The largest absolute Gasteiger partial charge is 0.350 e. The van der Waals surface area contributed by atoms with Crippen LogP contribution < -0.4 is 5.32 Å². The zero-order valence-corrected chi connectivity index (χ0v) is 12.2. The molecule has 4 nitrogen and oxygen atoms in total. The zero-order valence-electron chi connectivity index (χ0n) is 9.87. The highest BCUT2D eigenvalue weighted by Crippen LogP contribution is 2.30. The summed E-state index contributed by atoms with van der Waals surface area (Å²) in [5.74, 6) is -0.654. The number of nitrogens with one attached hydrogen (secondary N) is 1. The summed E-state index contributed by atoms with van der Waals surface area (Å²) in [5, 5.41) is 3.69. The van der Waals surface area contributed by atoms with Crippen LogP contribution in [-0.2, 0) is 6.42 Å². The highest BCUT2D eigenvalue weighted by molar-refractivity contribution is 9.10. The van der Waals surface area contributed by atoms with Gasteiger partial charge < -0.3 is 5.32 Å². The Balaban J connectivity index is 2.42. The van der Waals surface area contributed by atoms with Gasteiger partial charge in [-0.25, -0.2) is 0 Å². The van der Waals surface area contributed by atoms with E-state index in [1.165, 1.54) is 4.57 Å². The Kier molecular flexibility index (Phi) is 3.11. The van der Waals surface area contributed by atoms with Gasteiger partial charge in [-0.15, -0.1) is 11.6 Å². The molecule has 0 saturated carbocycles. The van der Waals surface area contributed by atoms with E-state index in [1.807, 2.05) is 18.2 Å². The lowest BCUT2D eigenvalue weighted by Gasteiger charge is -2.14. The molecule has 1 amide bonds. The van der Waals surface area contributed by atoms with Gasteiger partial charge >= 0.3 is 0 Å². The number of halogens is 2. The predicted octanol–water partition coefficient (Wildman–Crippen LogP) is 2.57. The third kappa shape index (κ3) is 1.88. The first kappa shape index (κ1) is 12.7. The molecule has 1 N–H and O–H groups in total. The average molecular weight is 342 g/mol. The molecular weight excluding hydrogens is 332 g/mol. The van der Waals surface area contributed by atoms with Crippen molar-refractivity contribution in [2.75, 3.05) is 12.4 Å². The molecule has 0 spiro atoms. The summed E-state index contributed by atoms with van der Waals surface area (Å²) in [6.45, 7) is 0.590. The zero-order chi connectivity index (χ0) is 13.6. The Morgan fingerprint density at radius 2 is 2.26 bits per heavy atom. The van der Waals surface area contributed by atoms with Gasteiger partial charge in [-0.2, -0.15) is 0 Å². The molecule has 19 heavy (non-hydrogen) atoms. The summed E-state index contributed by atoms with van der Waals surface area (Å²) in [4.78, 5) is 24.1. The molecule has 3 rings (SSSR count). The number of carbonyl (C=O) groups is 2. The van der Waals surface area contributed by atoms with Gasteiger partial charge in [-0.05, 0) is 30.2 Å². The lowest BCUT2D eigenvalue weighted by atomic mass is 10.0. The molecule has 0 radical (unpaired) electrons. The number of rotatable bonds is 1. The fraction of sp³-hybridized carbons (Fsp3) is 0.231. The molecule has 0 aliphatic carbocycles. The third-order valence-electron chi connectivity index (χ3n) is 3.27. The van der Waals surface area contributed by atoms with Crippen LogP contribution in [-0.4, -0.2) is 28.8 Å². The van der Waals surface area contributed by atoms with Crippen LogP contribution in [0.25, 0.3) is 10.9 Å². The van der Waals surface area contributed by atoms with Crippen LogP contribution in [0.2, 0.25) is 0 Å². The van der Waals surface area contributed by atoms with Crippen molar-refractivity contribution in [3.8, 4) is 0 Å². The predicted molar refractivity (Wildman–Crippen MR) is 77.0 cm³/mol. The number of hydrogen-bond donors (Lipinski definition) is 1. The van der Waals surface area contributed by atoms with Crippen molar-refractivity contribution in [2.45, 2.75) is 6.42 Å². The summed E-state index contributed by atoms with van der Waals surface area (Å²) in [6, 6.07) is 5.62. The Labute approximate surface area is 122 Å². The number of alkyl halides is 1. The summed E-state index contributed by atoms with van der Waals surface area (Å²) in [6.07, 6.45) is 0.719. The second kappa shape index (κ2) is 4.65. The second-order valence-corrected chi connectivity index (χ2v) is 5.54. The second-order valence-electron chi connectivity index (χ2n) is 4.36. The van der Waals surface area contributed by atoms with Crippen LogP contribution in [0.5, 0.6) is 0 Å². The van der Waals surface area contributed by atoms with Gasteiger partial charge in [0.1, 0.15) is 11.6 Å². The Hall–Kier alpha value is -1.33. The van der Waals surface area contributed by atoms with E-state index in [-0.39, 0.29) is 17.7 Å². The molecule has 0 bridgehead atoms. The van der Waals surface area contributed by atoms with Crippen molar-refractivity contribution >= 4 is 50.2 Å². The van der Waals surface area contributed by atoms with E-state index >= 15 is 0 Å². The van der Waals surface area contributed by atoms with Gasteiger partial charge in [0.05, 0.1) is 5.52 Å². The van der Waals surface area contributed by atoms with Crippen LogP contribution in [0, 0.1) is 0 Å². The Bertz CT molecular complexity index is 708. The number of carbonyl (C=O) groups excluding carboxylic acids is 2. The van der Waals surface area contributed by atoms with E-state index in [4.69, 9.17) is 11.6 Å². The molecule has 1 aliphatic heterocycles. The number of benzene rings is 1. The highest BCUT2D eigenvalue weighted by Gasteiger charge is 2.28. The van der Waals surface area contributed by atoms with Crippen molar-refractivity contribution in [3.63, 3.8) is 0 Å². The van der Waals surface area contributed by atoms with Crippen molar-refractivity contribution in [1.82, 2.24) is 9.88 Å². The molecule has 0 fully saturated rings. The monoisotopic (exact) mass is 340 g/mol. The fourth-order valence-corrected chi connectivity index (χ4v) is 3.00. The number of fused-ring (bicyclic) bond motifs is 3. The lowest BCUT2D eigenvalue weighted by Crippen LogP contribution is -2.34. The maximum Gasteiger partial charge on any atom is 0.268 e. The average Bonchev–Trinajstić information content (AvgIpc) is 2.73. The summed E-state index contributed by atoms with van der Waals surface area (Å²) in [7, 11) is 0. The maximum atomic E-state index is 12.0. The minimum Gasteiger partial charge on any atom is -0.350 e. The first-order valence-electron chi connectivity index (χ1n) is 5.83. The van der Waals surface area contributed by atoms with Gasteiger partial charge in [0.2, 0.25) is 5.91 Å². The SMILES string of the molecule is O=C1NCCc2c1n(C(=O)CCl)c1ccc(Br)cc21. The van der Waals surface area contributed by atoms with Gasteiger partial charge in [-0.3, -0.25) is 14.2 Å². The van der Waals surface area contributed by atoms with E-state index in [0.29, 0.717) is 12.2 Å². The third-order valence-corrected chi connectivity index (χ3v) is 4.00. The summed E-state index contributed by atoms with van der Waals surface area (Å²) in [5.41, 5.74) is 2.07. The molecule has 0 unspecified atom stereocenters. The molecule has 1 aliphatic rings. The number of aromatic nitrogens is 1. The summed E-state index contributed by atoms with van der Waals surface area (Å²) < 4.78 is 2.35. The van der Waals surface area contributed by atoms with Crippen LogP contribution >= 0.6 is 27.5 Å². The summed E-state index contributed by atoms with van der Waals surface area (Å²) >= 11 is 9.07. The van der Waals surface area contributed by atoms with E-state index in [1.54, 1.807) is 0 Å². The minimum absolute atomic E-state index is 0.153. The fourth-order valence-electron chi connectivity index (χ4n) is 2.52. The van der Waals surface area contributed by atoms with Crippen molar-refractivity contribution in [1.29, 1.82) is 0 Å². The molecule has 0 atom stereocenters. The molecule has 6 heteroatoms. The highest BCUT2D eigenvalue weighted by atomic mass is 79.9. The molecule has 2 aromatic rings. The number of amides is 1. The van der Waals surface area contributed by atoms with Crippen molar-refractivity contribution in [2.24, 2.45) is 0 Å². The van der Waals surface area contributed by atoms with Crippen LogP contribution in [0.15, 0.2) is 22.7 Å². The first-order chi connectivity index (χ1) is 9.13. The van der Waals surface area contributed by atoms with E-state index in [9.17, 15) is 9.59 Å². The standard InChI is InChI=1S/C13H10BrClN2O2/c14-7-1-2-10-9(5-7)8-3-4-16-13(19)12(8)17(10)11(18)6-15/h1-2,5H,3-4,6H2,(H,16,19). The molecule has 0 saturated heterocycles. The van der Waals surface area contributed by atoms with Gasteiger partial charge in [-0.1, -0.05) is 15.9 Å². The van der Waals surface area contributed by atoms with E-state index in [2.05, 4.69) is 21.2 Å². The number of hydrogen-bond acceptors (Lipinski definition) is 2. The van der Waals surface area contributed by atoms with E-state index in [0.717, 1.165) is 27.4 Å². The maximum absolute atomic E-state index is 12.0. The topological polar surface area (TPSA) is 51.1 Å². The van der Waals surface area contributed by atoms with Gasteiger partial charge in [0.25, 0.3) is 5.91 Å². The molecule has 1 aromatic carbocycles. The first-order valence-corrected chi connectivity index (χ1v) is 7.16. The van der Waals surface area contributed by atoms with Crippen LogP contribution in [0.1, 0.15) is 20.8 Å². The Morgan fingerprint density at radius 1 is 1.47 bits per heavy atom. The Morgan fingerprint density at radius 3 is 3.00 bits per heavy atom. The van der Waals surface area contributed by atoms with Crippen LogP contribution in [0.4, 0.5) is 0 Å². The van der Waals surface area contributed by atoms with Crippen molar-refractivity contribution in [3.05, 3.63) is 33.9 Å². The normalized spacial score (nSPS) is 14.3. The molecule has 1 aromatic heterocycles. The van der Waals surface area contributed by atoms with Gasteiger partial charge in [0, 0.05) is 16.4 Å². The minimum atomic E-state index is -0.285. The molecule has 2 heterocycles. The molecular formula is C13H10BrClN2O2. The number of nitrogens with zero attached hydrogens (tertiary/aromatic N) is 1. The van der Waals surface area contributed by atoms with E-state index < -0.39 is 0 Å². The molecule has 98 valence electrons. The quantitative estimate of drug-likeness (QED) is 0.811.